The summed E-state index contributed by atoms with van der Waals surface area (Å²) in [4.78, 5) is 27.5. The van der Waals surface area contributed by atoms with Crippen LogP contribution < -0.4 is 20.9 Å². The minimum absolute atomic E-state index is 0.145. The molecule has 0 aliphatic carbocycles. The molecule has 1 aliphatic heterocycles. The monoisotopic (exact) mass is 464 g/mol. The van der Waals surface area contributed by atoms with Gasteiger partial charge in [0.2, 0.25) is 0 Å². The zero-order chi connectivity index (χ0) is 24.1. The van der Waals surface area contributed by atoms with Crippen molar-refractivity contribution in [3.63, 3.8) is 0 Å². The van der Waals surface area contributed by atoms with Crippen LogP contribution in [0.5, 0.6) is 0 Å². The van der Waals surface area contributed by atoms with Gasteiger partial charge in [0.05, 0.1) is 17.1 Å². The van der Waals surface area contributed by atoms with E-state index in [1.165, 1.54) is 0 Å². The summed E-state index contributed by atoms with van der Waals surface area (Å²) in [5.74, 6) is -1.88. The average molecular weight is 465 g/mol. The highest BCUT2D eigenvalue weighted by molar-refractivity contribution is 6.04. The number of urea groups is 1. The Balaban J connectivity index is 1.51. The maximum Gasteiger partial charge on any atom is 0.323 e. The van der Waals surface area contributed by atoms with Crippen molar-refractivity contribution in [3.8, 4) is 0 Å². The lowest BCUT2D eigenvalue weighted by Crippen LogP contribution is -2.26. The van der Waals surface area contributed by atoms with E-state index in [0.717, 1.165) is 54.9 Å². The molecule has 176 valence electrons. The lowest BCUT2D eigenvalue weighted by Gasteiger charge is -2.22. The molecule has 34 heavy (non-hydrogen) atoms. The Morgan fingerprint density at radius 1 is 0.882 bits per heavy atom. The number of anilines is 3. The molecule has 0 unspecified atom stereocenters. The summed E-state index contributed by atoms with van der Waals surface area (Å²) in [6.45, 7) is 4.04. The summed E-state index contributed by atoms with van der Waals surface area (Å²) in [5, 5.41) is 8.00. The Morgan fingerprint density at radius 2 is 1.59 bits per heavy atom. The van der Waals surface area contributed by atoms with E-state index in [1.807, 2.05) is 31.2 Å². The molecule has 1 fully saturated rings. The van der Waals surface area contributed by atoms with Crippen LogP contribution in [0.3, 0.4) is 0 Å². The molecule has 3 N–H and O–H groups in total. The van der Waals surface area contributed by atoms with Gasteiger partial charge >= 0.3 is 6.03 Å². The number of nitrogens with one attached hydrogen (secondary N) is 3. The molecular formula is C26H26F2N4O2. The number of rotatable bonds is 6. The van der Waals surface area contributed by atoms with E-state index in [2.05, 4.69) is 20.9 Å². The van der Waals surface area contributed by atoms with Gasteiger partial charge in [-0.05, 0) is 55.7 Å². The Hall–Kier alpha value is -3.94. The van der Waals surface area contributed by atoms with E-state index >= 15 is 0 Å². The standard InChI is InChI=1S/C26H26F2N4O2/c1-17-4-6-18(7-5-17)16-29-25(33)19-8-11-24(32-12-2-3-13-32)23(14-19)31-26(34)30-22-10-9-20(27)15-21(22)28/h4-11,14-15H,2-3,12-13,16H2,1H3,(H,29,33)(H2,30,31,34). The predicted molar refractivity (Wildman–Crippen MR) is 129 cm³/mol. The van der Waals surface area contributed by atoms with Crippen LogP contribution in [0.25, 0.3) is 0 Å². The van der Waals surface area contributed by atoms with E-state index in [4.69, 9.17) is 0 Å². The lowest BCUT2D eigenvalue weighted by atomic mass is 10.1. The molecule has 3 aromatic rings. The van der Waals surface area contributed by atoms with Gasteiger partial charge in [-0.2, -0.15) is 0 Å². The second-order valence-corrected chi connectivity index (χ2v) is 8.30. The van der Waals surface area contributed by atoms with Crippen LogP contribution in [0, 0.1) is 18.6 Å². The fourth-order valence-corrected chi connectivity index (χ4v) is 3.87. The van der Waals surface area contributed by atoms with E-state index < -0.39 is 17.7 Å². The quantitative estimate of drug-likeness (QED) is 0.454. The van der Waals surface area contributed by atoms with Crippen molar-refractivity contribution >= 4 is 29.0 Å². The highest BCUT2D eigenvalue weighted by Crippen LogP contribution is 2.30. The first kappa shape index (κ1) is 23.2. The van der Waals surface area contributed by atoms with E-state index in [-0.39, 0.29) is 11.6 Å². The number of carbonyl (C=O) groups excluding carboxylic acids is 2. The largest absolute Gasteiger partial charge is 0.370 e. The Kier molecular flexibility index (Phi) is 7.06. The van der Waals surface area contributed by atoms with Crippen molar-refractivity contribution in [2.24, 2.45) is 0 Å². The number of hydrogen-bond acceptors (Lipinski definition) is 3. The van der Waals surface area contributed by atoms with Gasteiger partial charge in [0.1, 0.15) is 11.6 Å². The topological polar surface area (TPSA) is 73.5 Å². The third-order valence-corrected chi connectivity index (χ3v) is 5.71. The van der Waals surface area contributed by atoms with E-state index in [0.29, 0.717) is 23.9 Å². The molecule has 3 amide bonds. The summed E-state index contributed by atoms with van der Waals surface area (Å²) >= 11 is 0. The van der Waals surface area contributed by atoms with Gasteiger partial charge in [0, 0.05) is 31.3 Å². The van der Waals surface area contributed by atoms with Gasteiger partial charge in [-0.1, -0.05) is 29.8 Å². The molecule has 0 aromatic heterocycles. The molecule has 8 heteroatoms. The Morgan fingerprint density at radius 3 is 2.29 bits per heavy atom. The van der Waals surface area contributed by atoms with Crippen molar-refractivity contribution in [1.82, 2.24) is 5.32 Å². The zero-order valence-corrected chi connectivity index (χ0v) is 18.8. The van der Waals surface area contributed by atoms with Gasteiger partial charge < -0.3 is 20.9 Å². The maximum atomic E-state index is 13.9. The second kappa shape index (κ2) is 10.3. The third-order valence-electron chi connectivity index (χ3n) is 5.71. The molecule has 0 radical (unpaired) electrons. The van der Waals surface area contributed by atoms with E-state index in [9.17, 15) is 18.4 Å². The van der Waals surface area contributed by atoms with Crippen LogP contribution in [-0.2, 0) is 6.54 Å². The highest BCUT2D eigenvalue weighted by atomic mass is 19.1. The zero-order valence-electron chi connectivity index (χ0n) is 18.8. The fourth-order valence-electron chi connectivity index (χ4n) is 3.87. The minimum atomic E-state index is -0.876. The van der Waals surface area contributed by atoms with Gasteiger partial charge in [-0.15, -0.1) is 0 Å². The highest BCUT2D eigenvalue weighted by Gasteiger charge is 2.19. The number of carbonyl (C=O) groups is 2. The van der Waals surface area contributed by atoms with Crippen LogP contribution in [-0.4, -0.2) is 25.0 Å². The van der Waals surface area contributed by atoms with Crippen molar-refractivity contribution in [2.75, 3.05) is 28.6 Å². The normalized spacial score (nSPS) is 13.0. The summed E-state index contributed by atoms with van der Waals surface area (Å²) in [6.07, 6.45) is 2.07. The summed E-state index contributed by atoms with van der Waals surface area (Å²) < 4.78 is 27.1. The number of hydrogen-bond donors (Lipinski definition) is 3. The van der Waals surface area contributed by atoms with Crippen LogP contribution in [0.15, 0.2) is 60.7 Å². The molecular weight excluding hydrogens is 438 g/mol. The number of benzene rings is 3. The molecule has 0 atom stereocenters. The van der Waals surface area contributed by atoms with Gasteiger partial charge in [-0.25, -0.2) is 13.6 Å². The molecule has 0 spiro atoms. The van der Waals surface area contributed by atoms with Crippen LogP contribution >= 0.6 is 0 Å². The van der Waals surface area contributed by atoms with Crippen LogP contribution in [0.4, 0.5) is 30.6 Å². The number of nitrogens with zero attached hydrogens (tertiary/aromatic N) is 1. The van der Waals surface area contributed by atoms with Crippen molar-refractivity contribution in [1.29, 1.82) is 0 Å². The molecule has 0 bridgehead atoms. The second-order valence-electron chi connectivity index (χ2n) is 8.30. The Labute approximate surface area is 197 Å². The lowest BCUT2D eigenvalue weighted by molar-refractivity contribution is 0.0951. The molecule has 1 aliphatic rings. The van der Waals surface area contributed by atoms with E-state index in [1.54, 1.807) is 18.2 Å². The molecule has 4 rings (SSSR count). The Bertz CT molecular complexity index is 1190. The smallest absolute Gasteiger partial charge is 0.323 e. The van der Waals surface area contributed by atoms with Gasteiger partial charge in [-0.3, -0.25) is 4.79 Å². The number of aryl methyl sites for hydroxylation is 1. The van der Waals surface area contributed by atoms with Crippen LogP contribution in [0.1, 0.15) is 34.3 Å². The fraction of sp³-hybridized carbons (Fsp3) is 0.231. The number of amides is 3. The first-order valence-electron chi connectivity index (χ1n) is 11.1. The predicted octanol–water partition coefficient (Wildman–Crippen LogP) is 5.45. The first-order valence-corrected chi connectivity index (χ1v) is 11.1. The van der Waals surface area contributed by atoms with Gasteiger partial charge in [0.25, 0.3) is 5.91 Å². The summed E-state index contributed by atoms with van der Waals surface area (Å²) in [6, 6.07) is 15.2. The minimum Gasteiger partial charge on any atom is -0.370 e. The molecule has 1 heterocycles. The van der Waals surface area contributed by atoms with Gasteiger partial charge in [0.15, 0.2) is 0 Å². The van der Waals surface area contributed by atoms with Crippen molar-refractivity contribution < 1.29 is 18.4 Å². The van der Waals surface area contributed by atoms with Crippen molar-refractivity contribution in [3.05, 3.63) is 89.0 Å². The molecule has 3 aromatic carbocycles. The molecule has 0 saturated carbocycles. The third kappa shape index (κ3) is 5.70. The first-order chi connectivity index (χ1) is 16.4. The molecule has 6 nitrogen and oxygen atoms in total. The average Bonchev–Trinajstić information content (AvgIpc) is 3.35. The summed E-state index contributed by atoms with van der Waals surface area (Å²) in [7, 11) is 0. The molecule has 1 saturated heterocycles. The van der Waals surface area contributed by atoms with Crippen LogP contribution in [0.2, 0.25) is 0 Å². The van der Waals surface area contributed by atoms with Crippen molar-refractivity contribution in [2.45, 2.75) is 26.3 Å². The maximum absolute atomic E-state index is 13.9. The number of halogens is 2. The SMILES string of the molecule is Cc1ccc(CNC(=O)c2ccc(N3CCCC3)c(NC(=O)Nc3ccc(F)cc3F)c2)cc1. The summed E-state index contributed by atoms with van der Waals surface area (Å²) in [5.41, 5.74) is 3.58.